The SMILES string of the molecule is COC(=O)c1c(-c2ccccc2Cl)csc1NC(=O)CSc1nnnn1C(C)(C)C. The Morgan fingerprint density at radius 2 is 2.00 bits per heavy atom. The van der Waals surface area contributed by atoms with Crippen LogP contribution in [-0.2, 0) is 15.1 Å². The van der Waals surface area contributed by atoms with Gasteiger partial charge in [0.05, 0.1) is 18.4 Å². The van der Waals surface area contributed by atoms with E-state index < -0.39 is 5.97 Å². The Morgan fingerprint density at radius 3 is 2.67 bits per heavy atom. The van der Waals surface area contributed by atoms with Crippen LogP contribution in [0.15, 0.2) is 34.8 Å². The van der Waals surface area contributed by atoms with Crippen molar-refractivity contribution in [2.75, 3.05) is 18.2 Å². The molecule has 0 spiro atoms. The maximum atomic E-state index is 12.6. The lowest BCUT2D eigenvalue weighted by Crippen LogP contribution is -2.24. The molecule has 30 heavy (non-hydrogen) atoms. The van der Waals surface area contributed by atoms with Gasteiger partial charge in [0.25, 0.3) is 0 Å². The number of nitrogens with zero attached hydrogens (tertiary/aromatic N) is 4. The van der Waals surface area contributed by atoms with Crippen molar-refractivity contribution < 1.29 is 14.3 Å². The number of carbonyl (C=O) groups excluding carboxylic acids is 2. The topological polar surface area (TPSA) is 99.0 Å². The van der Waals surface area contributed by atoms with Crippen molar-refractivity contribution >= 4 is 51.6 Å². The highest BCUT2D eigenvalue weighted by atomic mass is 35.5. The number of hydrogen-bond acceptors (Lipinski definition) is 8. The van der Waals surface area contributed by atoms with E-state index in [2.05, 4.69) is 20.8 Å². The molecule has 0 saturated heterocycles. The fraction of sp³-hybridized carbons (Fsp3) is 0.316. The Balaban J connectivity index is 1.80. The molecule has 0 unspecified atom stereocenters. The molecule has 2 aromatic heterocycles. The average Bonchev–Trinajstić information content (AvgIpc) is 3.33. The van der Waals surface area contributed by atoms with E-state index in [4.69, 9.17) is 16.3 Å². The molecule has 3 rings (SSSR count). The monoisotopic (exact) mass is 465 g/mol. The van der Waals surface area contributed by atoms with Gasteiger partial charge in [0.15, 0.2) is 0 Å². The normalized spacial score (nSPS) is 11.4. The third-order valence-electron chi connectivity index (χ3n) is 4.01. The van der Waals surface area contributed by atoms with Crippen molar-refractivity contribution in [1.82, 2.24) is 20.2 Å². The Bertz CT molecular complexity index is 1070. The Kier molecular flexibility index (Phi) is 6.79. The third kappa shape index (κ3) is 4.82. The summed E-state index contributed by atoms with van der Waals surface area (Å²) in [5, 5.41) is 17.6. The van der Waals surface area contributed by atoms with Crippen molar-refractivity contribution in [1.29, 1.82) is 0 Å². The van der Waals surface area contributed by atoms with Gasteiger partial charge in [-0.15, -0.1) is 16.4 Å². The summed E-state index contributed by atoms with van der Waals surface area (Å²) in [6.07, 6.45) is 0. The summed E-state index contributed by atoms with van der Waals surface area (Å²) in [4.78, 5) is 25.0. The van der Waals surface area contributed by atoms with E-state index in [0.717, 1.165) is 0 Å². The number of halogens is 1. The summed E-state index contributed by atoms with van der Waals surface area (Å²) in [7, 11) is 1.30. The molecule has 0 atom stereocenters. The molecule has 158 valence electrons. The minimum atomic E-state index is -0.550. The van der Waals surface area contributed by atoms with Gasteiger partial charge in [-0.1, -0.05) is 41.6 Å². The van der Waals surface area contributed by atoms with Crippen LogP contribution in [0.3, 0.4) is 0 Å². The van der Waals surface area contributed by atoms with Crippen molar-refractivity contribution in [3.63, 3.8) is 0 Å². The molecule has 1 aromatic carbocycles. The van der Waals surface area contributed by atoms with Gasteiger partial charge in [-0.25, -0.2) is 9.48 Å². The molecule has 8 nitrogen and oxygen atoms in total. The number of ether oxygens (including phenoxy) is 1. The van der Waals surface area contributed by atoms with Crippen LogP contribution in [0.25, 0.3) is 11.1 Å². The number of aromatic nitrogens is 4. The Hall–Kier alpha value is -2.43. The second-order valence-corrected chi connectivity index (χ2v) is 9.44. The summed E-state index contributed by atoms with van der Waals surface area (Å²) in [6.45, 7) is 5.91. The van der Waals surface area contributed by atoms with Crippen molar-refractivity contribution in [2.24, 2.45) is 0 Å². The number of thiophene rings is 1. The molecule has 0 saturated carbocycles. The second-order valence-electron chi connectivity index (χ2n) is 7.21. The van der Waals surface area contributed by atoms with Crippen LogP contribution in [0.2, 0.25) is 5.02 Å². The standard InChI is InChI=1S/C19H20ClN5O3S2/c1-19(2,3)25-18(22-23-24-25)30-10-14(26)21-16-15(17(27)28-4)12(9-29-16)11-7-5-6-8-13(11)20/h5-9H,10H2,1-4H3,(H,21,26). The first-order valence-electron chi connectivity index (χ1n) is 8.88. The number of benzene rings is 1. The number of methoxy groups -OCH3 is 1. The zero-order valence-electron chi connectivity index (χ0n) is 16.8. The number of rotatable bonds is 6. The molecule has 0 aliphatic carbocycles. The number of hydrogen-bond donors (Lipinski definition) is 1. The third-order valence-corrected chi connectivity index (χ3v) is 6.15. The molecule has 0 radical (unpaired) electrons. The molecule has 0 fully saturated rings. The minimum absolute atomic E-state index is 0.0798. The second kappa shape index (κ2) is 9.15. The van der Waals surface area contributed by atoms with Crippen LogP contribution in [0.5, 0.6) is 0 Å². The van der Waals surface area contributed by atoms with Gasteiger partial charge in [0, 0.05) is 21.5 Å². The lowest BCUT2D eigenvalue weighted by atomic mass is 10.0. The van der Waals surface area contributed by atoms with Crippen LogP contribution < -0.4 is 5.32 Å². The van der Waals surface area contributed by atoms with Gasteiger partial charge in [0.1, 0.15) is 10.6 Å². The van der Waals surface area contributed by atoms with Crippen LogP contribution in [0.1, 0.15) is 31.1 Å². The molecule has 2 heterocycles. The van der Waals surface area contributed by atoms with Gasteiger partial charge < -0.3 is 10.1 Å². The van der Waals surface area contributed by atoms with E-state index in [1.54, 1.807) is 22.2 Å². The summed E-state index contributed by atoms with van der Waals surface area (Å²) >= 11 is 8.74. The highest BCUT2D eigenvalue weighted by Gasteiger charge is 2.24. The zero-order chi connectivity index (χ0) is 21.9. The van der Waals surface area contributed by atoms with Crippen molar-refractivity contribution in [2.45, 2.75) is 31.5 Å². The molecule has 1 amide bonds. The van der Waals surface area contributed by atoms with Gasteiger partial charge >= 0.3 is 5.97 Å². The molecule has 11 heteroatoms. The van der Waals surface area contributed by atoms with E-state index >= 15 is 0 Å². The molecule has 0 aliphatic rings. The van der Waals surface area contributed by atoms with Crippen molar-refractivity contribution in [3.05, 3.63) is 40.2 Å². The van der Waals surface area contributed by atoms with E-state index in [-0.39, 0.29) is 22.8 Å². The van der Waals surface area contributed by atoms with E-state index in [9.17, 15) is 9.59 Å². The molecule has 3 aromatic rings. The first kappa shape index (κ1) is 22.3. The molecular formula is C19H20ClN5O3S2. The van der Waals surface area contributed by atoms with E-state index in [0.29, 0.717) is 26.3 Å². The minimum Gasteiger partial charge on any atom is -0.465 e. The number of nitrogens with one attached hydrogen (secondary N) is 1. The van der Waals surface area contributed by atoms with Gasteiger partial charge in [-0.2, -0.15) is 0 Å². The number of amides is 1. The highest BCUT2D eigenvalue weighted by Crippen LogP contribution is 2.39. The maximum Gasteiger partial charge on any atom is 0.341 e. The van der Waals surface area contributed by atoms with Gasteiger partial charge in [-0.3, -0.25) is 4.79 Å². The molecule has 0 bridgehead atoms. The van der Waals surface area contributed by atoms with Crippen LogP contribution in [0.4, 0.5) is 5.00 Å². The number of carbonyl (C=O) groups is 2. The van der Waals surface area contributed by atoms with Crippen LogP contribution in [-0.4, -0.2) is 44.9 Å². The number of esters is 1. The van der Waals surface area contributed by atoms with Crippen LogP contribution >= 0.6 is 34.7 Å². The molecule has 0 aliphatic heterocycles. The predicted molar refractivity (Wildman–Crippen MR) is 118 cm³/mol. The maximum absolute atomic E-state index is 12.6. The van der Waals surface area contributed by atoms with Crippen molar-refractivity contribution in [3.8, 4) is 11.1 Å². The fourth-order valence-corrected chi connectivity index (χ4v) is 4.68. The molecule has 1 N–H and O–H groups in total. The highest BCUT2D eigenvalue weighted by molar-refractivity contribution is 7.99. The first-order chi connectivity index (χ1) is 14.2. The van der Waals surface area contributed by atoms with E-state index in [1.807, 2.05) is 32.9 Å². The average molecular weight is 466 g/mol. The summed E-state index contributed by atoms with van der Waals surface area (Å²) in [5.74, 6) is -0.761. The fourth-order valence-electron chi connectivity index (χ4n) is 2.62. The number of thioether (sulfide) groups is 1. The Labute approximate surface area is 187 Å². The number of anilines is 1. The largest absolute Gasteiger partial charge is 0.465 e. The lowest BCUT2D eigenvalue weighted by molar-refractivity contribution is -0.113. The van der Waals surface area contributed by atoms with Crippen LogP contribution in [0, 0.1) is 0 Å². The summed E-state index contributed by atoms with van der Waals surface area (Å²) < 4.78 is 6.59. The smallest absolute Gasteiger partial charge is 0.341 e. The van der Waals surface area contributed by atoms with Gasteiger partial charge in [0.2, 0.25) is 11.1 Å². The summed E-state index contributed by atoms with van der Waals surface area (Å²) in [5.41, 5.74) is 1.26. The van der Waals surface area contributed by atoms with Gasteiger partial charge in [-0.05, 0) is 37.3 Å². The van der Waals surface area contributed by atoms with E-state index in [1.165, 1.54) is 30.2 Å². The Morgan fingerprint density at radius 1 is 1.27 bits per heavy atom. The lowest BCUT2D eigenvalue weighted by Gasteiger charge is -2.19. The zero-order valence-corrected chi connectivity index (χ0v) is 19.2. The summed E-state index contributed by atoms with van der Waals surface area (Å²) in [6, 6.07) is 7.18. The quantitative estimate of drug-likeness (QED) is 0.427. The first-order valence-corrected chi connectivity index (χ1v) is 11.1. The molecular weight excluding hydrogens is 446 g/mol. The number of tetrazole rings is 1. The predicted octanol–water partition coefficient (Wildman–Crippen LogP) is 4.33.